The van der Waals surface area contributed by atoms with Gasteiger partial charge in [-0.25, -0.2) is 18.7 Å². The van der Waals surface area contributed by atoms with Gasteiger partial charge >= 0.3 is 0 Å². The molecule has 4 aromatic rings. The van der Waals surface area contributed by atoms with Crippen LogP contribution in [0.5, 0.6) is 11.5 Å². The fourth-order valence-electron chi connectivity index (χ4n) is 3.88. The standard InChI is InChI=1S/C14H12FN3O2.C12H10FN3O/c1-9(19)18-2-3-20-13-5-11(7-17-14(13)18)10-4-12(15)8-16-6-10;13-10-3-8(5-14-7-10)9-4-11-12(16-6-9)15-1-2-17-11/h4-8H,2-3H2,1H3;3-7H,1-2H2,(H,15,16). The van der Waals surface area contributed by atoms with Crippen molar-refractivity contribution in [3.05, 3.63) is 73.1 Å². The maximum atomic E-state index is 13.2. The fourth-order valence-corrected chi connectivity index (χ4v) is 3.88. The Kier molecular flexibility index (Phi) is 6.84. The Bertz CT molecular complexity index is 1450. The molecule has 0 saturated heterocycles. The number of ether oxygens (including phenoxy) is 2. The minimum Gasteiger partial charge on any atom is -0.488 e. The molecular formula is C26H22F2N6O3. The molecule has 188 valence electrons. The second kappa shape index (κ2) is 10.5. The minimum atomic E-state index is -0.411. The first-order valence-electron chi connectivity index (χ1n) is 11.5. The van der Waals surface area contributed by atoms with Gasteiger partial charge in [-0.05, 0) is 24.3 Å². The lowest BCUT2D eigenvalue weighted by Crippen LogP contribution is -2.37. The van der Waals surface area contributed by atoms with Crippen molar-refractivity contribution < 1.29 is 23.0 Å². The zero-order valence-corrected chi connectivity index (χ0v) is 19.8. The molecule has 0 fully saturated rings. The van der Waals surface area contributed by atoms with Gasteiger partial charge in [0, 0.05) is 54.0 Å². The first kappa shape index (κ1) is 24.0. The van der Waals surface area contributed by atoms with Crippen LogP contribution < -0.4 is 19.7 Å². The van der Waals surface area contributed by atoms with Crippen molar-refractivity contribution in [2.24, 2.45) is 0 Å². The average Bonchev–Trinajstić information content (AvgIpc) is 2.92. The minimum absolute atomic E-state index is 0.0813. The maximum absolute atomic E-state index is 13.2. The third kappa shape index (κ3) is 5.45. The number of carbonyl (C=O) groups excluding carboxylic acids is 1. The summed E-state index contributed by atoms with van der Waals surface area (Å²) >= 11 is 0. The van der Waals surface area contributed by atoms with Crippen molar-refractivity contribution in [1.82, 2.24) is 19.9 Å². The van der Waals surface area contributed by atoms with E-state index in [1.807, 2.05) is 6.07 Å². The number of aromatic nitrogens is 4. The number of halogens is 2. The highest BCUT2D eigenvalue weighted by atomic mass is 19.1. The largest absolute Gasteiger partial charge is 0.488 e. The number of nitrogens with zero attached hydrogens (tertiary/aromatic N) is 5. The molecule has 0 unspecified atom stereocenters. The van der Waals surface area contributed by atoms with E-state index in [2.05, 4.69) is 25.3 Å². The molecule has 0 spiro atoms. The Hall–Kier alpha value is -4.67. The lowest BCUT2D eigenvalue weighted by Gasteiger charge is -2.27. The summed E-state index contributed by atoms with van der Waals surface area (Å²) in [6.07, 6.45) is 8.73. The number of hydrogen-bond donors (Lipinski definition) is 1. The van der Waals surface area contributed by atoms with Gasteiger partial charge in [-0.15, -0.1) is 0 Å². The van der Waals surface area contributed by atoms with Gasteiger partial charge in [0.05, 0.1) is 25.5 Å². The first-order chi connectivity index (χ1) is 18.0. The van der Waals surface area contributed by atoms with E-state index in [1.165, 1.54) is 25.3 Å². The number of hydrogen-bond acceptors (Lipinski definition) is 8. The van der Waals surface area contributed by atoms with Crippen LogP contribution in [0.2, 0.25) is 0 Å². The van der Waals surface area contributed by atoms with E-state index in [4.69, 9.17) is 9.47 Å². The second-order valence-electron chi connectivity index (χ2n) is 8.19. The number of amides is 1. The molecule has 0 atom stereocenters. The Morgan fingerprint density at radius 3 is 2.05 bits per heavy atom. The quantitative estimate of drug-likeness (QED) is 0.435. The molecule has 1 N–H and O–H groups in total. The van der Waals surface area contributed by atoms with Crippen molar-refractivity contribution >= 4 is 17.5 Å². The Morgan fingerprint density at radius 2 is 1.41 bits per heavy atom. The normalized spacial score (nSPS) is 13.5. The van der Waals surface area contributed by atoms with Crippen molar-refractivity contribution in [3.8, 4) is 33.8 Å². The molecule has 6 heterocycles. The third-order valence-electron chi connectivity index (χ3n) is 5.62. The predicted molar refractivity (Wildman–Crippen MR) is 132 cm³/mol. The zero-order chi connectivity index (χ0) is 25.8. The van der Waals surface area contributed by atoms with E-state index >= 15 is 0 Å². The summed E-state index contributed by atoms with van der Waals surface area (Å²) in [6.45, 7) is 3.75. The monoisotopic (exact) mass is 504 g/mol. The summed E-state index contributed by atoms with van der Waals surface area (Å²) in [4.78, 5) is 29.2. The van der Waals surface area contributed by atoms with Crippen LogP contribution in [0.3, 0.4) is 0 Å². The van der Waals surface area contributed by atoms with E-state index in [9.17, 15) is 13.6 Å². The van der Waals surface area contributed by atoms with Crippen molar-refractivity contribution in [3.63, 3.8) is 0 Å². The molecule has 2 aliphatic rings. The molecule has 6 rings (SSSR count). The summed E-state index contributed by atoms with van der Waals surface area (Å²) in [6, 6.07) is 6.38. The molecule has 1 amide bonds. The van der Waals surface area contributed by atoms with Crippen molar-refractivity contribution in [2.45, 2.75) is 6.92 Å². The smallest absolute Gasteiger partial charge is 0.225 e. The van der Waals surface area contributed by atoms with E-state index < -0.39 is 5.82 Å². The van der Waals surface area contributed by atoms with Crippen LogP contribution in [0.15, 0.2) is 61.4 Å². The van der Waals surface area contributed by atoms with Gasteiger partial charge in [0.1, 0.15) is 24.8 Å². The molecule has 0 aliphatic carbocycles. The fraction of sp³-hybridized carbons (Fsp3) is 0.192. The van der Waals surface area contributed by atoms with Crippen LogP contribution in [0.1, 0.15) is 6.92 Å². The van der Waals surface area contributed by atoms with Gasteiger partial charge in [-0.2, -0.15) is 0 Å². The van der Waals surface area contributed by atoms with Crippen LogP contribution in [-0.4, -0.2) is 52.1 Å². The summed E-state index contributed by atoms with van der Waals surface area (Å²) in [5, 5.41) is 3.13. The number of fused-ring (bicyclic) bond motifs is 2. The van der Waals surface area contributed by atoms with Gasteiger partial charge in [-0.3, -0.25) is 19.7 Å². The predicted octanol–water partition coefficient (Wildman–Crippen LogP) is 4.12. The average molecular weight is 504 g/mol. The highest BCUT2D eigenvalue weighted by Crippen LogP contribution is 2.33. The van der Waals surface area contributed by atoms with E-state index in [1.54, 1.807) is 35.8 Å². The van der Waals surface area contributed by atoms with Gasteiger partial charge in [0.15, 0.2) is 23.1 Å². The topological polar surface area (TPSA) is 102 Å². The summed E-state index contributed by atoms with van der Waals surface area (Å²) < 4.78 is 37.3. The van der Waals surface area contributed by atoms with Crippen LogP contribution in [0.4, 0.5) is 20.4 Å². The Morgan fingerprint density at radius 1 is 0.811 bits per heavy atom. The molecule has 0 bridgehead atoms. The molecule has 4 aromatic heterocycles. The van der Waals surface area contributed by atoms with Gasteiger partial charge in [0.2, 0.25) is 5.91 Å². The third-order valence-corrected chi connectivity index (χ3v) is 5.62. The molecule has 37 heavy (non-hydrogen) atoms. The lowest BCUT2D eigenvalue weighted by atomic mass is 10.1. The number of anilines is 2. The molecule has 0 aromatic carbocycles. The summed E-state index contributed by atoms with van der Waals surface area (Å²) in [7, 11) is 0. The highest BCUT2D eigenvalue weighted by molar-refractivity contribution is 5.92. The van der Waals surface area contributed by atoms with Gasteiger partial charge in [-0.1, -0.05) is 0 Å². The first-order valence-corrected chi connectivity index (χ1v) is 11.5. The SMILES string of the molecule is CC(=O)N1CCOc2cc(-c3cncc(F)c3)cnc21.Fc1cncc(-c2cnc3c(c2)OCCN3)c1. The van der Waals surface area contributed by atoms with E-state index in [0.29, 0.717) is 53.8 Å². The van der Waals surface area contributed by atoms with E-state index in [-0.39, 0.29) is 11.7 Å². The highest BCUT2D eigenvalue weighted by Gasteiger charge is 2.23. The van der Waals surface area contributed by atoms with Gasteiger partial charge in [0.25, 0.3) is 0 Å². The second-order valence-corrected chi connectivity index (χ2v) is 8.19. The molecule has 0 radical (unpaired) electrons. The van der Waals surface area contributed by atoms with Crippen LogP contribution in [-0.2, 0) is 4.79 Å². The van der Waals surface area contributed by atoms with E-state index in [0.717, 1.165) is 24.1 Å². The number of nitrogens with one attached hydrogen (secondary N) is 1. The van der Waals surface area contributed by atoms with Crippen molar-refractivity contribution in [2.75, 3.05) is 36.5 Å². The number of rotatable bonds is 2. The molecule has 2 aliphatic heterocycles. The van der Waals surface area contributed by atoms with Crippen LogP contribution >= 0.6 is 0 Å². The van der Waals surface area contributed by atoms with Crippen LogP contribution in [0.25, 0.3) is 22.3 Å². The molecular weight excluding hydrogens is 482 g/mol. The summed E-state index contributed by atoms with van der Waals surface area (Å²) in [5.41, 5.74) is 2.79. The van der Waals surface area contributed by atoms with Gasteiger partial charge < -0.3 is 14.8 Å². The number of carbonyl (C=O) groups is 1. The van der Waals surface area contributed by atoms with Crippen LogP contribution in [0, 0.1) is 11.6 Å². The van der Waals surface area contributed by atoms with Crippen molar-refractivity contribution in [1.29, 1.82) is 0 Å². The maximum Gasteiger partial charge on any atom is 0.225 e. The molecule has 11 heteroatoms. The molecule has 0 saturated carbocycles. The Balaban J connectivity index is 0.000000153. The molecule has 9 nitrogen and oxygen atoms in total. The number of pyridine rings is 4. The lowest BCUT2D eigenvalue weighted by molar-refractivity contribution is -0.116. The Labute approximate surface area is 211 Å². The summed E-state index contributed by atoms with van der Waals surface area (Å²) in [5.74, 6) is 1.58. The zero-order valence-electron chi connectivity index (χ0n) is 19.8.